The molecule has 13 heteroatoms. The van der Waals surface area contributed by atoms with Crippen molar-refractivity contribution in [1.82, 2.24) is 30.4 Å². The van der Waals surface area contributed by atoms with Gasteiger partial charge in [-0.2, -0.15) is 4.68 Å². The highest BCUT2D eigenvalue weighted by molar-refractivity contribution is 8.00. The van der Waals surface area contributed by atoms with E-state index in [0.717, 1.165) is 28.8 Å². The number of carbonyl (C=O) groups is 2. The maximum absolute atomic E-state index is 12.4. The Labute approximate surface area is 154 Å². The van der Waals surface area contributed by atoms with Crippen molar-refractivity contribution in [2.45, 2.75) is 23.7 Å². The number of aromatic nitrogens is 4. The fourth-order valence-electron chi connectivity index (χ4n) is 2.31. The monoisotopic (exact) mass is 402 g/mol. The van der Waals surface area contributed by atoms with Crippen molar-refractivity contribution in [3.8, 4) is 11.4 Å². The predicted octanol–water partition coefficient (Wildman–Crippen LogP) is 1.59. The molecule has 3 amide bonds. The van der Waals surface area contributed by atoms with E-state index in [1.54, 1.807) is 6.92 Å². The van der Waals surface area contributed by atoms with Gasteiger partial charge in [-0.25, -0.2) is 4.79 Å². The molecule has 9 nitrogen and oxygen atoms in total. The Bertz CT molecular complexity index is 841. The van der Waals surface area contributed by atoms with E-state index in [2.05, 4.69) is 25.6 Å². The minimum Gasteiger partial charge on any atom is -0.406 e. The molecule has 1 aliphatic rings. The highest BCUT2D eigenvalue weighted by Crippen LogP contribution is 2.27. The van der Waals surface area contributed by atoms with Crippen LogP contribution in [0, 0.1) is 0 Å². The first-order valence-corrected chi connectivity index (χ1v) is 8.53. The molecule has 0 radical (unpaired) electrons. The zero-order chi connectivity index (χ0) is 19.6. The zero-order valence-electron chi connectivity index (χ0n) is 13.8. The molecular weight excluding hydrogens is 389 g/mol. The number of halogens is 3. The molecule has 0 saturated carbocycles. The summed E-state index contributed by atoms with van der Waals surface area (Å²) in [5.41, 5.74) is 0.385. The topological polar surface area (TPSA) is 102 Å². The van der Waals surface area contributed by atoms with Gasteiger partial charge in [0, 0.05) is 13.1 Å². The summed E-state index contributed by atoms with van der Waals surface area (Å²) in [5.74, 6) is -0.768. The molecule has 0 bridgehead atoms. The number of hydrogen-bond acceptors (Lipinski definition) is 7. The molecule has 2 aromatic rings. The zero-order valence-corrected chi connectivity index (χ0v) is 14.6. The number of carbonyl (C=O) groups excluding carboxylic acids is 2. The Morgan fingerprint density at radius 1 is 1.33 bits per heavy atom. The maximum Gasteiger partial charge on any atom is 0.573 e. The first-order chi connectivity index (χ1) is 12.7. The number of urea groups is 1. The Kier molecular flexibility index (Phi) is 5.21. The SMILES string of the molecule is C[C@H](Sc1nnnn1-c1ccc(OC(F)(F)F)cc1)C(=O)N1CCNC1=O. The third kappa shape index (κ3) is 4.48. The summed E-state index contributed by atoms with van der Waals surface area (Å²) in [6, 6.07) is 4.50. The van der Waals surface area contributed by atoms with Gasteiger partial charge in [-0.15, -0.1) is 18.3 Å². The van der Waals surface area contributed by atoms with Gasteiger partial charge in [0.2, 0.25) is 11.1 Å². The van der Waals surface area contributed by atoms with Crippen LogP contribution in [0.25, 0.3) is 5.69 Å². The van der Waals surface area contributed by atoms with Crippen LogP contribution >= 0.6 is 11.8 Å². The van der Waals surface area contributed by atoms with E-state index in [0.29, 0.717) is 12.2 Å². The van der Waals surface area contributed by atoms with Gasteiger partial charge in [0.25, 0.3) is 0 Å². The predicted molar refractivity (Wildman–Crippen MR) is 86.3 cm³/mol. The quantitative estimate of drug-likeness (QED) is 0.758. The van der Waals surface area contributed by atoms with Crippen molar-refractivity contribution >= 4 is 23.7 Å². The van der Waals surface area contributed by atoms with Crippen molar-refractivity contribution in [3.63, 3.8) is 0 Å². The molecule has 1 saturated heterocycles. The lowest BCUT2D eigenvalue weighted by molar-refractivity contribution is -0.274. The molecule has 1 N–H and O–H groups in total. The van der Waals surface area contributed by atoms with Crippen LogP contribution in [0.15, 0.2) is 29.4 Å². The van der Waals surface area contributed by atoms with Gasteiger partial charge in [-0.3, -0.25) is 9.69 Å². The summed E-state index contributed by atoms with van der Waals surface area (Å²) in [6.07, 6.45) is -4.78. The van der Waals surface area contributed by atoms with E-state index < -0.39 is 23.6 Å². The van der Waals surface area contributed by atoms with E-state index in [-0.39, 0.29) is 17.5 Å². The molecule has 1 aromatic heterocycles. The molecule has 1 aromatic carbocycles. The number of nitrogens with one attached hydrogen (secondary N) is 1. The van der Waals surface area contributed by atoms with Crippen molar-refractivity contribution in [2.75, 3.05) is 13.1 Å². The fraction of sp³-hybridized carbons (Fsp3) is 0.357. The molecule has 1 fully saturated rings. The number of imide groups is 1. The molecule has 1 aliphatic heterocycles. The number of hydrogen-bond donors (Lipinski definition) is 1. The number of alkyl halides is 3. The van der Waals surface area contributed by atoms with E-state index in [1.807, 2.05) is 0 Å². The van der Waals surface area contributed by atoms with Crippen molar-refractivity contribution in [2.24, 2.45) is 0 Å². The lowest BCUT2D eigenvalue weighted by Gasteiger charge is -2.16. The lowest BCUT2D eigenvalue weighted by Crippen LogP contribution is -2.39. The molecule has 144 valence electrons. The largest absolute Gasteiger partial charge is 0.573 e. The molecule has 2 heterocycles. The van der Waals surface area contributed by atoms with Gasteiger partial charge in [0.15, 0.2) is 0 Å². The molecule has 3 rings (SSSR count). The average molecular weight is 402 g/mol. The van der Waals surface area contributed by atoms with Gasteiger partial charge in [0.1, 0.15) is 5.75 Å². The molecule has 1 atom stereocenters. The van der Waals surface area contributed by atoms with Crippen molar-refractivity contribution in [1.29, 1.82) is 0 Å². The first-order valence-electron chi connectivity index (χ1n) is 7.65. The fourth-order valence-corrected chi connectivity index (χ4v) is 3.18. The number of nitrogens with zero attached hydrogens (tertiary/aromatic N) is 5. The Balaban J connectivity index is 1.72. The lowest BCUT2D eigenvalue weighted by atomic mass is 10.3. The summed E-state index contributed by atoms with van der Waals surface area (Å²) < 4.78 is 41.8. The van der Waals surface area contributed by atoms with Crippen LogP contribution in [0.3, 0.4) is 0 Å². The summed E-state index contributed by atoms with van der Waals surface area (Å²) in [7, 11) is 0. The third-order valence-electron chi connectivity index (χ3n) is 3.51. The van der Waals surface area contributed by atoms with Gasteiger partial charge >= 0.3 is 12.4 Å². The normalized spacial score (nSPS) is 15.6. The van der Waals surface area contributed by atoms with E-state index in [9.17, 15) is 22.8 Å². The highest BCUT2D eigenvalue weighted by atomic mass is 32.2. The second kappa shape index (κ2) is 7.42. The Morgan fingerprint density at radius 2 is 2.04 bits per heavy atom. The van der Waals surface area contributed by atoms with E-state index >= 15 is 0 Å². The highest BCUT2D eigenvalue weighted by Gasteiger charge is 2.32. The van der Waals surface area contributed by atoms with Gasteiger partial charge in [-0.1, -0.05) is 11.8 Å². The van der Waals surface area contributed by atoms with Crippen LogP contribution in [-0.2, 0) is 4.79 Å². The minimum absolute atomic E-state index is 0.250. The summed E-state index contributed by atoms with van der Waals surface area (Å²) in [4.78, 5) is 25.0. The number of ether oxygens (including phenoxy) is 1. The van der Waals surface area contributed by atoms with Crippen LogP contribution in [0.1, 0.15) is 6.92 Å². The third-order valence-corrected chi connectivity index (χ3v) is 4.53. The summed E-state index contributed by atoms with van der Waals surface area (Å²) in [6.45, 7) is 2.29. The second-order valence-electron chi connectivity index (χ2n) is 5.40. The Hall–Kier alpha value is -2.83. The number of thioether (sulfide) groups is 1. The van der Waals surface area contributed by atoms with Crippen LogP contribution in [0.2, 0.25) is 0 Å². The molecule has 0 spiro atoms. The van der Waals surface area contributed by atoms with Gasteiger partial charge in [0.05, 0.1) is 10.9 Å². The van der Waals surface area contributed by atoms with Gasteiger partial charge < -0.3 is 10.1 Å². The number of amides is 3. The van der Waals surface area contributed by atoms with E-state index in [1.165, 1.54) is 16.8 Å². The molecule has 0 aliphatic carbocycles. The first kappa shape index (κ1) is 18.9. The van der Waals surface area contributed by atoms with Crippen LogP contribution < -0.4 is 10.1 Å². The molecule has 27 heavy (non-hydrogen) atoms. The van der Waals surface area contributed by atoms with Gasteiger partial charge in [-0.05, 0) is 41.6 Å². The van der Waals surface area contributed by atoms with Crippen molar-refractivity contribution in [3.05, 3.63) is 24.3 Å². The maximum atomic E-state index is 12.4. The van der Waals surface area contributed by atoms with Crippen LogP contribution in [0.4, 0.5) is 18.0 Å². The number of benzene rings is 1. The minimum atomic E-state index is -4.78. The number of tetrazole rings is 1. The second-order valence-corrected chi connectivity index (χ2v) is 6.70. The van der Waals surface area contributed by atoms with Crippen LogP contribution in [0.5, 0.6) is 5.75 Å². The van der Waals surface area contributed by atoms with E-state index in [4.69, 9.17) is 0 Å². The van der Waals surface area contributed by atoms with Crippen molar-refractivity contribution < 1.29 is 27.5 Å². The summed E-state index contributed by atoms with van der Waals surface area (Å²) >= 11 is 1.03. The molecular formula is C14H13F3N6O3S. The number of rotatable bonds is 5. The summed E-state index contributed by atoms with van der Waals surface area (Å²) in [5, 5.41) is 13.3. The standard InChI is InChI=1S/C14H13F3N6O3S/c1-8(11(24)22-7-6-18-12(22)25)27-13-19-20-21-23(13)9-2-4-10(5-3-9)26-14(15,16)17/h2-5,8H,6-7H2,1H3,(H,18,25)/t8-/m0/s1. The average Bonchev–Trinajstić information content (AvgIpc) is 3.22. The smallest absolute Gasteiger partial charge is 0.406 e. The van der Waals surface area contributed by atoms with Crippen LogP contribution in [-0.4, -0.2) is 61.7 Å². The Morgan fingerprint density at radius 3 is 2.63 bits per heavy atom. The molecule has 0 unspecified atom stereocenters.